The first-order valence-electron chi connectivity index (χ1n) is 6.05. The third-order valence-electron chi connectivity index (χ3n) is 1.91. The zero-order valence-electron chi connectivity index (χ0n) is 11.9. The van der Waals surface area contributed by atoms with Crippen molar-refractivity contribution in [1.29, 1.82) is 0 Å². The lowest BCUT2D eigenvalue weighted by molar-refractivity contribution is -0.142. The molecule has 3 atom stereocenters. The second-order valence-electron chi connectivity index (χ2n) is 3.45. The van der Waals surface area contributed by atoms with E-state index >= 15 is 0 Å². The Balaban J connectivity index is 3.93. The van der Waals surface area contributed by atoms with Gasteiger partial charge in [-0.05, 0) is 0 Å². The number of carbonyl (C=O) groups is 2. The molecule has 0 rings (SSSR count). The molecule has 0 aliphatic carbocycles. The van der Waals surface area contributed by atoms with Gasteiger partial charge in [0.25, 0.3) is 10.1 Å². The van der Waals surface area contributed by atoms with Crippen LogP contribution in [0.5, 0.6) is 0 Å². The minimum absolute atomic E-state index is 0.154. The van der Waals surface area contributed by atoms with E-state index in [9.17, 15) is 18.0 Å². The van der Waals surface area contributed by atoms with Gasteiger partial charge in [-0.15, -0.1) is 0 Å². The van der Waals surface area contributed by atoms with Gasteiger partial charge in [0.1, 0.15) is 19.0 Å². The lowest BCUT2D eigenvalue weighted by Gasteiger charge is -2.10. The van der Waals surface area contributed by atoms with E-state index in [2.05, 4.69) is 14.2 Å². The Labute approximate surface area is 126 Å². The van der Waals surface area contributed by atoms with E-state index in [4.69, 9.17) is 7.10 Å². The van der Waals surface area contributed by atoms with Crippen molar-refractivity contribution < 1.29 is 28.3 Å². The predicted octanol–water partition coefficient (Wildman–Crippen LogP) is -1.48. The number of nitrogens with one attached hydrogen (secondary N) is 1. The van der Waals surface area contributed by atoms with Crippen LogP contribution >= 0.6 is 21.0 Å². The number of esters is 1. The number of rotatable bonds is 10. The molecule has 0 saturated carbocycles. The second-order valence-corrected chi connectivity index (χ2v) is 6.63. The number of ether oxygens (including phenoxy) is 1. The summed E-state index contributed by atoms with van der Waals surface area (Å²) in [4.78, 5) is 22.1. The van der Waals surface area contributed by atoms with Gasteiger partial charge in [-0.3, -0.25) is 13.8 Å². The van der Waals surface area contributed by atoms with Gasteiger partial charge in [0.05, 0.1) is 7.12 Å². The van der Waals surface area contributed by atoms with Gasteiger partial charge in [-0.2, -0.15) is 20.2 Å². The molecule has 0 aromatic carbocycles. The maximum absolute atomic E-state index is 11.4. The number of thioether (sulfide) groups is 1. The second kappa shape index (κ2) is 10.3. The quantitative estimate of drug-likeness (QED) is 0.212. The van der Waals surface area contributed by atoms with E-state index in [0.717, 1.165) is 11.8 Å². The fraction of sp³-hybridized carbons (Fsp3) is 0.778. The molecule has 8 nitrogen and oxygen atoms in total. The summed E-state index contributed by atoms with van der Waals surface area (Å²) in [6, 6.07) is -0.933. The van der Waals surface area contributed by atoms with Crippen LogP contribution in [0.1, 0.15) is 1.37 Å². The summed E-state index contributed by atoms with van der Waals surface area (Å²) in [7, 11) is -0.453. The first kappa shape index (κ1) is 17.6. The summed E-state index contributed by atoms with van der Waals surface area (Å²) < 4.78 is 38.9. The summed E-state index contributed by atoms with van der Waals surface area (Å²) in [5.41, 5.74) is 5.51. The van der Waals surface area contributed by atoms with Gasteiger partial charge >= 0.3 is 5.97 Å². The summed E-state index contributed by atoms with van der Waals surface area (Å²) >= 11 is 1.13. The van der Waals surface area contributed by atoms with Crippen LogP contribution < -0.4 is 11.1 Å². The minimum atomic E-state index is -3.80. The molecule has 0 saturated heterocycles. The summed E-state index contributed by atoms with van der Waals surface area (Å²) in [5, 5.41) is 2.23. The van der Waals surface area contributed by atoms with Crippen molar-refractivity contribution in [3.05, 3.63) is 0 Å². The van der Waals surface area contributed by atoms with Gasteiger partial charge in [0, 0.05) is 18.6 Å². The molecule has 0 aliphatic rings. The normalized spacial score (nSPS) is 15.1. The number of nitrogens with two attached hydrogens (primary N) is 1. The molecule has 0 bridgehead atoms. The molecule has 0 fully saturated rings. The van der Waals surface area contributed by atoms with Crippen molar-refractivity contribution in [2.75, 3.05) is 37.2 Å². The van der Waals surface area contributed by atoms with Crippen LogP contribution in [0.25, 0.3) is 0 Å². The molecule has 3 unspecified atom stereocenters. The highest BCUT2D eigenvalue weighted by molar-refractivity contribution is 8.00. The fourth-order valence-corrected chi connectivity index (χ4v) is 3.25. The van der Waals surface area contributed by atoms with Gasteiger partial charge < -0.3 is 15.8 Å². The number of carbonyl (C=O) groups excluding carboxylic acids is 2. The van der Waals surface area contributed by atoms with Crippen molar-refractivity contribution in [3.8, 4) is 0 Å². The highest BCUT2D eigenvalue weighted by Crippen LogP contribution is 2.06. The lowest BCUT2D eigenvalue weighted by atomic mass is 10.4. The molecule has 0 radical (unpaired) electrons. The standard InChI is InChI=1S/C9H19N2O6PS2/c1-11-8(12)4-17-20(14,15)3-2-19-5-7(10)9(13)16-6-18/h7H,2-6,10,18H2,1H3,(H,11,12)/i6T. The van der Waals surface area contributed by atoms with Crippen molar-refractivity contribution in [2.24, 2.45) is 5.73 Å². The molecule has 11 heteroatoms. The number of amides is 1. The molecule has 20 heavy (non-hydrogen) atoms. The maximum atomic E-state index is 11.4. The summed E-state index contributed by atoms with van der Waals surface area (Å²) in [6.07, 6.45) is -1.08. The zero-order chi connectivity index (χ0) is 16.5. The van der Waals surface area contributed by atoms with Gasteiger partial charge in [-0.1, -0.05) is 9.24 Å². The molecule has 0 aromatic rings. The minimum Gasteiger partial charge on any atom is -0.460 e. The van der Waals surface area contributed by atoms with Crippen LogP contribution in [-0.2, 0) is 28.6 Å². The van der Waals surface area contributed by atoms with Crippen LogP contribution in [-0.4, -0.2) is 63.6 Å². The molecule has 1 amide bonds. The molecular formula is C9H19N2O6PS2. The van der Waals surface area contributed by atoms with Crippen LogP contribution in [0.2, 0.25) is 0 Å². The third kappa shape index (κ3) is 9.49. The van der Waals surface area contributed by atoms with Crippen molar-refractivity contribution in [1.82, 2.24) is 5.32 Å². The average Bonchev–Trinajstić information content (AvgIpc) is 2.40. The molecule has 118 valence electrons. The predicted molar refractivity (Wildman–Crippen MR) is 79.8 cm³/mol. The van der Waals surface area contributed by atoms with Crippen molar-refractivity contribution >= 4 is 43.0 Å². The van der Waals surface area contributed by atoms with Crippen LogP contribution in [0.3, 0.4) is 0 Å². The van der Waals surface area contributed by atoms with E-state index in [1.165, 1.54) is 7.05 Å². The molecule has 3 N–H and O–H groups in total. The van der Waals surface area contributed by atoms with E-state index < -0.39 is 41.0 Å². The smallest absolute Gasteiger partial charge is 0.324 e. The highest BCUT2D eigenvalue weighted by Gasteiger charge is 2.16. The molecule has 0 heterocycles. The van der Waals surface area contributed by atoms with Gasteiger partial charge in [-0.25, -0.2) is 0 Å². The van der Waals surface area contributed by atoms with Gasteiger partial charge in [0.2, 0.25) is 5.91 Å². The van der Waals surface area contributed by atoms with Crippen LogP contribution in [0.15, 0.2) is 0 Å². The van der Waals surface area contributed by atoms with Crippen LogP contribution in [0, 0.1) is 0 Å². The zero-order valence-corrected chi connectivity index (χ0v) is 13.7. The first-order chi connectivity index (χ1) is 9.68. The Morgan fingerprint density at radius 3 is 2.75 bits per heavy atom. The Morgan fingerprint density at radius 1 is 1.55 bits per heavy atom. The molecular weight excluding hydrogens is 327 g/mol. The van der Waals surface area contributed by atoms with E-state index in [0.29, 0.717) is 0 Å². The summed E-state index contributed by atoms with van der Waals surface area (Å²) in [6.45, 7) is -0.561. The van der Waals surface area contributed by atoms with Crippen molar-refractivity contribution in [2.45, 2.75) is 6.04 Å². The van der Waals surface area contributed by atoms with Gasteiger partial charge in [0.15, 0.2) is 0 Å². The van der Waals surface area contributed by atoms with E-state index in [-0.39, 0.29) is 17.3 Å². The lowest BCUT2D eigenvalue weighted by Crippen LogP contribution is -2.34. The van der Waals surface area contributed by atoms with E-state index in [1.807, 2.05) is 9.24 Å². The first-order valence-corrected chi connectivity index (χ1v) is 8.87. The topological polar surface area (TPSA) is 125 Å². The molecule has 0 aliphatic heterocycles. The fourth-order valence-electron chi connectivity index (χ4n) is 0.868. The molecule has 0 spiro atoms. The highest BCUT2D eigenvalue weighted by atomic mass is 32.2. The third-order valence-corrected chi connectivity index (χ3v) is 4.57. The Hall–Kier alpha value is -0.410. The Bertz CT molecular complexity index is 448. The SMILES string of the molecule is [3H]C(P)OC(=O)C(N)CSCCS(=O)(=O)OCC(=O)NC. The monoisotopic (exact) mass is 348 g/mol. The number of hydrogen-bond donors (Lipinski definition) is 2. The number of likely N-dealkylation sites (N-methyl/N-ethyl adjacent to an activating group) is 1. The Kier molecular flexibility index (Phi) is 9.12. The largest absolute Gasteiger partial charge is 0.460 e. The van der Waals surface area contributed by atoms with Crippen LogP contribution in [0.4, 0.5) is 0 Å². The summed E-state index contributed by atoms with van der Waals surface area (Å²) in [5.74, 6) is -1.26. The van der Waals surface area contributed by atoms with Crippen molar-refractivity contribution in [3.63, 3.8) is 0 Å². The molecule has 0 aromatic heterocycles. The average molecular weight is 348 g/mol. The number of hydrogen-bond acceptors (Lipinski definition) is 8. The van der Waals surface area contributed by atoms with E-state index in [1.54, 1.807) is 0 Å². The Morgan fingerprint density at radius 2 is 2.20 bits per heavy atom. The maximum Gasteiger partial charge on any atom is 0.324 e.